The summed E-state index contributed by atoms with van der Waals surface area (Å²) in [6, 6.07) is 0.452. The van der Waals surface area contributed by atoms with Crippen LogP contribution in [0.5, 0.6) is 5.75 Å². The molecule has 1 aromatic rings. The van der Waals surface area contributed by atoms with Crippen molar-refractivity contribution in [3.8, 4) is 5.75 Å². The smallest absolute Gasteiger partial charge is 0.257 e. The number of phenolic OH excluding ortho intramolecular Hbond substituents is 1. The van der Waals surface area contributed by atoms with Crippen LogP contribution in [-0.4, -0.2) is 40.2 Å². The van der Waals surface area contributed by atoms with Gasteiger partial charge in [-0.2, -0.15) is 4.39 Å². The number of nitrogens with zero attached hydrogens (tertiary/aromatic N) is 1. The van der Waals surface area contributed by atoms with E-state index >= 15 is 0 Å². The predicted octanol–water partition coefficient (Wildman–Crippen LogP) is 2.04. The second-order valence-corrected chi connectivity index (χ2v) is 5.25. The van der Waals surface area contributed by atoms with Gasteiger partial charge < -0.3 is 15.1 Å². The number of hydrogen-bond acceptors (Lipinski definition) is 3. The Morgan fingerprint density at radius 3 is 2.38 bits per heavy atom. The lowest BCUT2D eigenvalue weighted by Gasteiger charge is -2.33. The van der Waals surface area contributed by atoms with E-state index in [0.29, 0.717) is 18.9 Å². The molecule has 1 saturated heterocycles. The maximum absolute atomic E-state index is 13.7. The van der Waals surface area contributed by atoms with Crippen LogP contribution in [0.4, 0.5) is 13.2 Å². The molecule has 0 aliphatic carbocycles. The first-order valence-corrected chi connectivity index (χ1v) is 6.66. The van der Waals surface area contributed by atoms with E-state index in [2.05, 4.69) is 0 Å². The third-order valence-electron chi connectivity index (χ3n) is 3.87. The zero-order chi connectivity index (χ0) is 15.7. The Bertz CT molecular complexity index is 555. The van der Waals surface area contributed by atoms with Crippen LogP contribution in [-0.2, 0) is 0 Å². The highest BCUT2D eigenvalue weighted by molar-refractivity contribution is 5.95. The molecular formula is C14H16F3NO3. The van der Waals surface area contributed by atoms with Crippen molar-refractivity contribution in [2.45, 2.75) is 25.9 Å². The van der Waals surface area contributed by atoms with Gasteiger partial charge in [-0.1, -0.05) is 0 Å². The second kappa shape index (κ2) is 5.93. The minimum absolute atomic E-state index is 0.0530. The average molecular weight is 303 g/mol. The standard InChI is InChI=1S/C14H16F3NO3/c1-7(19)8-2-4-18(5-3-8)14(21)9-6-10(15)12(17)13(20)11(9)16/h6-8,19-20H,2-5H2,1H3. The number of carbonyl (C=O) groups is 1. The van der Waals surface area contributed by atoms with Gasteiger partial charge in [-0.25, -0.2) is 8.78 Å². The number of halogens is 3. The third-order valence-corrected chi connectivity index (χ3v) is 3.87. The fourth-order valence-corrected chi connectivity index (χ4v) is 2.50. The molecule has 1 aliphatic heterocycles. The van der Waals surface area contributed by atoms with Crippen LogP contribution in [0.2, 0.25) is 0 Å². The number of rotatable bonds is 2. The number of benzene rings is 1. The summed E-state index contributed by atoms with van der Waals surface area (Å²) < 4.78 is 39.9. The van der Waals surface area contributed by atoms with Crippen molar-refractivity contribution in [1.82, 2.24) is 4.90 Å². The van der Waals surface area contributed by atoms with Gasteiger partial charge in [0.1, 0.15) is 0 Å². The van der Waals surface area contributed by atoms with E-state index in [-0.39, 0.29) is 19.0 Å². The normalized spacial score (nSPS) is 17.9. The van der Waals surface area contributed by atoms with E-state index in [1.807, 2.05) is 0 Å². The summed E-state index contributed by atoms with van der Waals surface area (Å²) in [5, 5.41) is 18.6. The Kier molecular flexibility index (Phi) is 4.41. The lowest BCUT2D eigenvalue weighted by Crippen LogP contribution is -2.41. The molecule has 0 bridgehead atoms. The van der Waals surface area contributed by atoms with E-state index in [9.17, 15) is 23.1 Å². The van der Waals surface area contributed by atoms with E-state index in [1.165, 1.54) is 4.90 Å². The van der Waals surface area contributed by atoms with Gasteiger partial charge in [-0.3, -0.25) is 4.79 Å². The van der Waals surface area contributed by atoms with Crippen LogP contribution in [0.25, 0.3) is 0 Å². The zero-order valence-electron chi connectivity index (χ0n) is 11.4. The van der Waals surface area contributed by atoms with E-state index in [0.717, 1.165) is 0 Å². The highest BCUT2D eigenvalue weighted by atomic mass is 19.2. The van der Waals surface area contributed by atoms with Crippen molar-refractivity contribution in [2.24, 2.45) is 5.92 Å². The van der Waals surface area contributed by atoms with Gasteiger partial charge >= 0.3 is 0 Å². The molecule has 1 aliphatic rings. The SMILES string of the molecule is CC(O)C1CCN(C(=O)c2cc(F)c(F)c(O)c2F)CC1. The molecule has 0 radical (unpaired) electrons. The highest BCUT2D eigenvalue weighted by Gasteiger charge is 2.29. The second-order valence-electron chi connectivity index (χ2n) is 5.25. The molecule has 2 rings (SSSR count). The molecule has 116 valence electrons. The zero-order valence-corrected chi connectivity index (χ0v) is 11.4. The number of aliphatic hydroxyl groups excluding tert-OH is 1. The number of aromatic hydroxyl groups is 1. The van der Waals surface area contributed by atoms with Crippen molar-refractivity contribution in [2.75, 3.05) is 13.1 Å². The van der Waals surface area contributed by atoms with Gasteiger partial charge in [0.2, 0.25) is 5.82 Å². The van der Waals surface area contributed by atoms with Crippen LogP contribution in [0.3, 0.4) is 0 Å². The number of piperidine rings is 1. The van der Waals surface area contributed by atoms with Gasteiger partial charge in [0, 0.05) is 13.1 Å². The fraction of sp³-hybridized carbons (Fsp3) is 0.500. The molecule has 0 spiro atoms. The molecule has 4 nitrogen and oxygen atoms in total. The molecule has 1 aromatic carbocycles. The topological polar surface area (TPSA) is 60.8 Å². The fourth-order valence-electron chi connectivity index (χ4n) is 2.50. The predicted molar refractivity (Wildman–Crippen MR) is 68.3 cm³/mol. The molecule has 7 heteroatoms. The van der Waals surface area contributed by atoms with Crippen LogP contribution >= 0.6 is 0 Å². The molecule has 1 fully saturated rings. The van der Waals surface area contributed by atoms with Gasteiger partial charge in [-0.15, -0.1) is 0 Å². The summed E-state index contributed by atoms with van der Waals surface area (Å²) in [6.07, 6.45) is 0.591. The number of phenols is 1. The summed E-state index contributed by atoms with van der Waals surface area (Å²) in [5.41, 5.74) is -0.693. The van der Waals surface area contributed by atoms with Gasteiger partial charge in [0.25, 0.3) is 5.91 Å². The molecule has 1 atom stereocenters. The number of aliphatic hydroxyl groups is 1. The van der Waals surface area contributed by atoms with Crippen molar-refractivity contribution in [3.63, 3.8) is 0 Å². The van der Waals surface area contributed by atoms with Crippen LogP contribution < -0.4 is 0 Å². The average Bonchev–Trinajstić information content (AvgIpc) is 2.48. The summed E-state index contributed by atoms with van der Waals surface area (Å²) in [4.78, 5) is 13.4. The Balaban J connectivity index is 2.19. The van der Waals surface area contributed by atoms with Crippen LogP contribution in [0.1, 0.15) is 30.1 Å². The molecule has 1 heterocycles. The van der Waals surface area contributed by atoms with E-state index in [4.69, 9.17) is 5.11 Å². The van der Waals surface area contributed by atoms with Crippen LogP contribution in [0, 0.1) is 23.4 Å². The highest BCUT2D eigenvalue weighted by Crippen LogP contribution is 2.28. The Morgan fingerprint density at radius 2 is 1.86 bits per heavy atom. The first-order valence-electron chi connectivity index (χ1n) is 6.66. The number of hydrogen-bond donors (Lipinski definition) is 2. The minimum Gasteiger partial charge on any atom is -0.503 e. The number of carbonyl (C=O) groups excluding carboxylic acids is 1. The summed E-state index contributed by atoms with van der Waals surface area (Å²) in [5.74, 6) is -6.88. The summed E-state index contributed by atoms with van der Waals surface area (Å²) in [6.45, 7) is 2.23. The molecule has 2 N–H and O–H groups in total. The molecule has 21 heavy (non-hydrogen) atoms. The third kappa shape index (κ3) is 2.97. The van der Waals surface area contributed by atoms with Gasteiger partial charge in [-0.05, 0) is 31.7 Å². The largest absolute Gasteiger partial charge is 0.503 e. The van der Waals surface area contributed by atoms with Crippen molar-refractivity contribution in [3.05, 3.63) is 29.1 Å². The molecule has 0 aromatic heterocycles. The lowest BCUT2D eigenvalue weighted by atomic mass is 9.92. The van der Waals surface area contributed by atoms with Crippen molar-refractivity contribution in [1.29, 1.82) is 0 Å². The maximum Gasteiger partial charge on any atom is 0.257 e. The molecule has 0 saturated carbocycles. The number of amides is 1. The number of likely N-dealkylation sites (tertiary alicyclic amines) is 1. The van der Waals surface area contributed by atoms with Crippen molar-refractivity contribution >= 4 is 5.91 Å². The van der Waals surface area contributed by atoms with Crippen molar-refractivity contribution < 1.29 is 28.2 Å². The quantitative estimate of drug-likeness (QED) is 0.822. The maximum atomic E-state index is 13.7. The monoisotopic (exact) mass is 303 g/mol. The molecule has 1 amide bonds. The minimum atomic E-state index is -1.71. The van der Waals surface area contributed by atoms with E-state index in [1.54, 1.807) is 6.92 Å². The van der Waals surface area contributed by atoms with Crippen LogP contribution in [0.15, 0.2) is 6.07 Å². The Labute approximate surface area is 119 Å². The van der Waals surface area contributed by atoms with Gasteiger partial charge in [0.15, 0.2) is 17.4 Å². The van der Waals surface area contributed by atoms with Gasteiger partial charge in [0.05, 0.1) is 11.7 Å². The van der Waals surface area contributed by atoms with E-state index < -0.39 is 40.8 Å². The Hall–Kier alpha value is -1.76. The lowest BCUT2D eigenvalue weighted by molar-refractivity contribution is 0.0516. The molecular weight excluding hydrogens is 287 g/mol. The Morgan fingerprint density at radius 1 is 1.29 bits per heavy atom. The summed E-state index contributed by atoms with van der Waals surface area (Å²) in [7, 11) is 0. The first kappa shape index (κ1) is 15.6. The summed E-state index contributed by atoms with van der Waals surface area (Å²) >= 11 is 0. The first-order chi connectivity index (χ1) is 9.82. The molecule has 1 unspecified atom stereocenters.